The highest BCUT2D eigenvalue weighted by Gasteiger charge is 2.31. The first kappa shape index (κ1) is 19.2. The summed E-state index contributed by atoms with van der Waals surface area (Å²) in [5, 5.41) is 3.10. The number of halogens is 1. The molecule has 0 aromatic rings. The lowest BCUT2D eigenvalue weighted by Crippen LogP contribution is -2.57. The minimum absolute atomic E-state index is 0. The van der Waals surface area contributed by atoms with Gasteiger partial charge in [-0.3, -0.25) is 9.59 Å². The van der Waals surface area contributed by atoms with E-state index in [2.05, 4.69) is 26.1 Å². The number of piperidine rings is 1. The van der Waals surface area contributed by atoms with E-state index in [9.17, 15) is 9.59 Å². The molecule has 0 radical (unpaired) electrons. The molecule has 0 aromatic heterocycles. The zero-order valence-corrected chi connectivity index (χ0v) is 14.8. The average molecular weight is 332 g/mol. The summed E-state index contributed by atoms with van der Waals surface area (Å²) < 4.78 is 0. The second kappa shape index (κ2) is 8.73. The van der Waals surface area contributed by atoms with Crippen molar-refractivity contribution in [3.63, 3.8) is 0 Å². The van der Waals surface area contributed by atoms with E-state index in [0.29, 0.717) is 24.8 Å². The number of amides is 2. The van der Waals surface area contributed by atoms with E-state index in [0.717, 1.165) is 39.0 Å². The second-order valence-corrected chi connectivity index (χ2v) is 6.83. The molecule has 2 atom stereocenters. The maximum atomic E-state index is 12.4. The molecule has 0 bridgehead atoms. The van der Waals surface area contributed by atoms with Gasteiger partial charge in [0.2, 0.25) is 11.8 Å². The Labute approximate surface area is 140 Å². The van der Waals surface area contributed by atoms with E-state index in [4.69, 9.17) is 0 Å². The van der Waals surface area contributed by atoms with E-state index in [1.807, 2.05) is 9.80 Å². The van der Waals surface area contributed by atoms with Crippen LogP contribution in [0, 0.1) is 11.8 Å². The molecule has 0 spiro atoms. The molecule has 0 aliphatic carbocycles. The zero-order chi connectivity index (χ0) is 15.4. The lowest BCUT2D eigenvalue weighted by atomic mass is 9.93. The van der Waals surface area contributed by atoms with Crippen LogP contribution in [0.4, 0.5) is 0 Å². The molecule has 2 unspecified atom stereocenters. The van der Waals surface area contributed by atoms with Crippen LogP contribution < -0.4 is 5.32 Å². The van der Waals surface area contributed by atoms with Crippen molar-refractivity contribution >= 4 is 24.2 Å². The zero-order valence-electron chi connectivity index (χ0n) is 14.0. The van der Waals surface area contributed by atoms with Crippen molar-refractivity contribution in [2.75, 3.05) is 32.7 Å². The summed E-state index contributed by atoms with van der Waals surface area (Å²) in [6.45, 7) is 10.1. The molecule has 0 saturated carbocycles. The van der Waals surface area contributed by atoms with E-state index in [1.165, 1.54) is 0 Å². The number of nitrogens with zero attached hydrogens (tertiary/aromatic N) is 2. The second-order valence-electron chi connectivity index (χ2n) is 6.83. The Morgan fingerprint density at radius 3 is 2.68 bits per heavy atom. The van der Waals surface area contributed by atoms with Crippen molar-refractivity contribution in [2.24, 2.45) is 11.8 Å². The van der Waals surface area contributed by atoms with Crippen LogP contribution in [0.1, 0.15) is 40.0 Å². The highest BCUT2D eigenvalue weighted by atomic mass is 35.5. The van der Waals surface area contributed by atoms with Gasteiger partial charge in [0.25, 0.3) is 0 Å². The van der Waals surface area contributed by atoms with Crippen LogP contribution in [0.3, 0.4) is 0 Å². The van der Waals surface area contributed by atoms with Crippen LogP contribution >= 0.6 is 12.4 Å². The largest absolute Gasteiger partial charge is 0.341 e. The lowest BCUT2D eigenvalue weighted by molar-refractivity contribution is -0.141. The van der Waals surface area contributed by atoms with Gasteiger partial charge < -0.3 is 15.1 Å². The van der Waals surface area contributed by atoms with Crippen LogP contribution in [-0.2, 0) is 9.59 Å². The summed E-state index contributed by atoms with van der Waals surface area (Å²) >= 11 is 0. The quantitative estimate of drug-likeness (QED) is 0.849. The number of likely N-dealkylation sites (tertiary alicyclic amines) is 1. The third-order valence-corrected chi connectivity index (χ3v) is 4.95. The molecule has 2 aliphatic rings. The fourth-order valence-corrected chi connectivity index (χ4v) is 3.08. The first-order valence-corrected chi connectivity index (χ1v) is 8.27. The van der Waals surface area contributed by atoms with E-state index in [1.54, 1.807) is 0 Å². The summed E-state index contributed by atoms with van der Waals surface area (Å²) in [5.41, 5.74) is 0. The lowest BCUT2D eigenvalue weighted by Gasteiger charge is -2.41. The number of piperazine rings is 1. The smallest absolute Gasteiger partial charge is 0.236 e. The molecule has 0 aromatic carbocycles. The summed E-state index contributed by atoms with van der Waals surface area (Å²) in [6.07, 6.45) is 2.65. The van der Waals surface area contributed by atoms with Crippen molar-refractivity contribution in [3.05, 3.63) is 0 Å². The van der Waals surface area contributed by atoms with Gasteiger partial charge in [0.15, 0.2) is 0 Å². The SMILES string of the molecule is CC(C)C(C)CC(=O)N1CCCC(N2CCNCC2=O)C1.Cl. The van der Waals surface area contributed by atoms with Gasteiger partial charge in [-0.25, -0.2) is 0 Å². The topological polar surface area (TPSA) is 52.7 Å². The molecule has 2 aliphatic heterocycles. The highest BCUT2D eigenvalue weighted by Crippen LogP contribution is 2.20. The molecule has 1 N–H and O–H groups in total. The normalized spacial score (nSPS) is 24.2. The molecule has 6 heteroatoms. The van der Waals surface area contributed by atoms with Crippen LogP contribution in [0.2, 0.25) is 0 Å². The summed E-state index contributed by atoms with van der Waals surface area (Å²) in [4.78, 5) is 28.4. The predicted octanol–water partition coefficient (Wildman–Crippen LogP) is 1.51. The van der Waals surface area contributed by atoms with Crippen molar-refractivity contribution in [3.8, 4) is 0 Å². The van der Waals surface area contributed by atoms with Crippen molar-refractivity contribution in [2.45, 2.75) is 46.1 Å². The maximum absolute atomic E-state index is 12.4. The van der Waals surface area contributed by atoms with Gasteiger partial charge in [0, 0.05) is 38.6 Å². The molecular weight excluding hydrogens is 302 g/mol. The van der Waals surface area contributed by atoms with Crippen LogP contribution in [0.5, 0.6) is 0 Å². The minimum atomic E-state index is 0. The Morgan fingerprint density at radius 1 is 1.32 bits per heavy atom. The molecular formula is C16H30ClN3O2. The predicted molar refractivity (Wildman–Crippen MR) is 90.1 cm³/mol. The van der Waals surface area contributed by atoms with Gasteiger partial charge in [-0.05, 0) is 24.7 Å². The molecule has 2 rings (SSSR count). The Bertz CT molecular complexity index is 390. The molecule has 2 amide bonds. The van der Waals surface area contributed by atoms with Gasteiger partial charge in [-0.1, -0.05) is 20.8 Å². The first-order valence-electron chi connectivity index (χ1n) is 8.27. The molecule has 2 fully saturated rings. The standard InChI is InChI=1S/C16H29N3O2.ClH/c1-12(2)13(3)9-15(20)18-7-4-5-14(11-18)19-8-6-17-10-16(19)21;/h12-14,17H,4-11H2,1-3H3;1H. The number of hydrogen-bond acceptors (Lipinski definition) is 3. The van der Waals surface area contributed by atoms with Crippen molar-refractivity contribution < 1.29 is 9.59 Å². The van der Waals surface area contributed by atoms with Crippen molar-refractivity contribution in [1.29, 1.82) is 0 Å². The van der Waals surface area contributed by atoms with Crippen LogP contribution in [-0.4, -0.2) is 60.4 Å². The number of carbonyl (C=O) groups excluding carboxylic acids is 2. The van der Waals surface area contributed by atoms with Gasteiger partial charge >= 0.3 is 0 Å². The van der Waals surface area contributed by atoms with E-state index < -0.39 is 0 Å². The monoisotopic (exact) mass is 331 g/mol. The fourth-order valence-electron chi connectivity index (χ4n) is 3.08. The van der Waals surface area contributed by atoms with Gasteiger partial charge in [0.05, 0.1) is 6.54 Å². The van der Waals surface area contributed by atoms with Gasteiger partial charge in [0.1, 0.15) is 0 Å². The number of carbonyl (C=O) groups is 2. The highest BCUT2D eigenvalue weighted by molar-refractivity contribution is 5.85. The fraction of sp³-hybridized carbons (Fsp3) is 0.875. The third kappa shape index (κ3) is 4.85. The number of nitrogens with one attached hydrogen (secondary N) is 1. The number of hydrogen-bond donors (Lipinski definition) is 1. The summed E-state index contributed by atoms with van der Waals surface area (Å²) in [7, 11) is 0. The molecule has 128 valence electrons. The number of rotatable bonds is 4. The van der Waals surface area contributed by atoms with E-state index in [-0.39, 0.29) is 30.3 Å². The Morgan fingerprint density at radius 2 is 2.05 bits per heavy atom. The summed E-state index contributed by atoms with van der Waals surface area (Å²) in [6, 6.07) is 0.214. The molecule has 2 saturated heterocycles. The van der Waals surface area contributed by atoms with E-state index >= 15 is 0 Å². The van der Waals surface area contributed by atoms with Gasteiger partial charge in [-0.2, -0.15) is 0 Å². The average Bonchev–Trinajstić information content (AvgIpc) is 2.47. The van der Waals surface area contributed by atoms with Crippen molar-refractivity contribution in [1.82, 2.24) is 15.1 Å². The van der Waals surface area contributed by atoms with Crippen LogP contribution in [0.25, 0.3) is 0 Å². The first-order chi connectivity index (χ1) is 9.99. The van der Waals surface area contributed by atoms with Gasteiger partial charge in [-0.15, -0.1) is 12.4 Å². The molecule has 5 nitrogen and oxygen atoms in total. The summed E-state index contributed by atoms with van der Waals surface area (Å²) in [5.74, 6) is 1.38. The maximum Gasteiger partial charge on any atom is 0.236 e. The molecule has 2 heterocycles. The Kier molecular flexibility index (Phi) is 7.63. The molecule has 22 heavy (non-hydrogen) atoms. The third-order valence-electron chi connectivity index (χ3n) is 4.95. The van der Waals surface area contributed by atoms with Crippen LogP contribution in [0.15, 0.2) is 0 Å². The minimum Gasteiger partial charge on any atom is -0.341 e. The Balaban J connectivity index is 0.00000242. The Hall–Kier alpha value is -0.810.